The van der Waals surface area contributed by atoms with Crippen LogP contribution in [-0.2, 0) is 13.5 Å². The fraction of sp³-hybridized carbons (Fsp3) is 0.0833. The standard InChI is InChI=1S/C24H18FN5O2/c1-30-14-16(13-27-30)22-12-19(8-9-26-22)32-18-6-7-21-20(11-18)24(31)29-23(28-21)10-15-2-4-17(25)5-3-15/h2-9,11-14H,10H2,1H3,(H,28,29,31). The Kier molecular flexibility index (Phi) is 4.95. The van der Waals surface area contributed by atoms with Crippen molar-refractivity contribution in [3.63, 3.8) is 0 Å². The highest BCUT2D eigenvalue weighted by Gasteiger charge is 2.09. The van der Waals surface area contributed by atoms with Gasteiger partial charge in [0.05, 0.1) is 22.8 Å². The number of aromatic nitrogens is 5. The maximum absolute atomic E-state index is 13.1. The number of hydrogen-bond donors (Lipinski definition) is 1. The maximum Gasteiger partial charge on any atom is 0.258 e. The third-order valence-corrected chi connectivity index (χ3v) is 4.98. The van der Waals surface area contributed by atoms with Crippen molar-refractivity contribution in [3.8, 4) is 22.8 Å². The van der Waals surface area contributed by atoms with Crippen LogP contribution in [0.3, 0.4) is 0 Å². The molecule has 7 nitrogen and oxygen atoms in total. The lowest BCUT2D eigenvalue weighted by Gasteiger charge is -2.08. The van der Waals surface area contributed by atoms with Gasteiger partial charge in [-0.25, -0.2) is 9.37 Å². The molecule has 3 heterocycles. The van der Waals surface area contributed by atoms with E-state index in [2.05, 4.69) is 20.1 Å². The molecule has 0 aliphatic heterocycles. The summed E-state index contributed by atoms with van der Waals surface area (Å²) in [5.41, 5.74) is 2.77. The molecule has 0 fully saturated rings. The Morgan fingerprint density at radius 2 is 1.88 bits per heavy atom. The van der Waals surface area contributed by atoms with Crippen LogP contribution in [-0.4, -0.2) is 24.7 Å². The van der Waals surface area contributed by atoms with Crippen molar-refractivity contribution in [2.45, 2.75) is 6.42 Å². The summed E-state index contributed by atoms with van der Waals surface area (Å²) in [6, 6.07) is 14.8. The van der Waals surface area contributed by atoms with E-state index in [1.54, 1.807) is 53.5 Å². The van der Waals surface area contributed by atoms with Gasteiger partial charge in [0.1, 0.15) is 23.1 Å². The zero-order chi connectivity index (χ0) is 22.1. The van der Waals surface area contributed by atoms with E-state index in [4.69, 9.17) is 4.74 Å². The van der Waals surface area contributed by atoms with Gasteiger partial charge in [-0.1, -0.05) is 12.1 Å². The fourth-order valence-corrected chi connectivity index (χ4v) is 3.43. The number of rotatable bonds is 5. The van der Waals surface area contributed by atoms with E-state index in [0.29, 0.717) is 34.6 Å². The SMILES string of the molecule is Cn1cc(-c2cc(Oc3ccc4nc(Cc5ccc(F)cc5)[nH]c(=O)c4c3)ccn2)cn1. The van der Waals surface area contributed by atoms with Gasteiger partial charge in [0.2, 0.25) is 0 Å². The van der Waals surface area contributed by atoms with Crippen LogP contribution in [0.25, 0.3) is 22.2 Å². The van der Waals surface area contributed by atoms with Crippen molar-refractivity contribution >= 4 is 10.9 Å². The van der Waals surface area contributed by atoms with Crippen LogP contribution in [0, 0.1) is 5.82 Å². The average molecular weight is 427 g/mol. The highest BCUT2D eigenvalue weighted by molar-refractivity contribution is 5.79. The van der Waals surface area contributed by atoms with E-state index in [0.717, 1.165) is 16.8 Å². The number of aryl methyl sites for hydroxylation is 1. The molecule has 3 aromatic heterocycles. The molecule has 0 aliphatic carbocycles. The Balaban J connectivity index is 1.41. The number of ether oxygens (including phenoxy) is 1. The molecule has 0 radical (unpaired) electrons. The van der Waals surface area contributed by atoms with Crippen LogP contribution in [0.2, 0.25) is 0 Å². The number of fused-ring (bicyclic) bond motifs is 1. The van der Waals surface area contributed by atoms with Gasteiger partial charge < -0.3 is 9.72 Å². The molecule has 0 aliphatic rings. The van der Waals surface area contributed by atoms with Gasteiger partial charge >= 0.3 is 0 Å². The molecule has 2 aromatic carbocycles. The van der Waals surface area contributed by atoms with Crippen molar-refractivity contribution in [1.82, 2.24) is 24.7 Å². The second kappa shape index (κ2) is 8.07. The van der Waals surface area contributed by atoms with E-state index in [1.165, 1.54) is 12.1 Å². The molecule has 0 atom stereocenters. The largest absolute Gasteiger partial charge is 0.457 e. The van der Waals surface area contributed by atoms with E-state index in [1.807, 2.05) is 19.3 Å². The zero-order valence-electron chi connectivity index (χ0n) is 17.1. The van der Waals surface area contributed by atoms with Crippen LogP contribution >= 0.6 is 0 Å². The third-order valence-electron chi connectivity index (χ3n) is 4.98. The number of pyridine rings is 1. The first kappa shape index (κ1) is 19.6. The van der Waals surface area contributed by atoms with E-state index in [9.17, 15) is 9.18 Å². The van der Waals surface area contributed by atoms with Gasteiger partial charge in [-0.2, -0.15) is 5.10 Å². The molecular weight excluding hydrogens is 409 g/mol. The first-order chi connectivity index (χ1) is 15.5. The molecule has 0 saturated heterocycles. The van der Waals surface area contributed by atoms with Crippen LogP contribution in [0.1, 0.15) is 11.4 Å². The second-order valence-electron chi connectivity index (χ2n) is 7.38. The number of nitrogens with one attached hydrogen (secondary N) is 1. The third kappa shape index (κ3) is 4.11. The smallest absolute Gasteiger partial charge is 0.258 e. The summed E-state index contributed by atoms with van der Waals surface area (Å²) >= 11 is 0. The van der Waals surface area contributed by atoms with Crippen molar-refractivity contribution < 1.29 is 9.13 Å². The summed E-state index contributed by atoms with van der Waals surface area (Å²) in [7, 11) is 1.84. The van der Waals surface area contributed by atoms with Crippen molar-refractivity contribution in [1.29, 1.82) is 0 Å². The zero-order valence-corrected chi connectivity index (χ0v) is 17.1. The molecule has 0 amide bonds. The summed E-state index contributed by atoms with van der Waals surface area (Å²) in [6.45, 7) is 0. The highest BCUT2D eigenvalue weighted by atomic mass is 19.1. The molecule has 5 rings (SSSR count). The molecule has 0 spiro atoms. The summed E-state index contributed by atoms with van der Waals surface area (Å²) in [6.07, 6.45) is 5.67. The van der Waals surface area contributed by atoms with Crippen LogP contribution < -0.4 is 10.3 Å². The first-order valence-corrected chi connectivity index (χ1v) is 9.94. The minimum Gasteiger partial charge on any atom is -0.457 e. The monoisotopic (exact) mass is 427 g/mol. The number of nitrogens with zero attached hydrogens (tertiary/aromatic N) is 4. The van der Waals surface area contributed by atoms with E-state index >= 15 is 0 Å². The van der Waals surface area contributed by atoms with Gasteiger partial charge in [0, 0.05) is 37.5 Å². The lowest BCUT2D eigenvalue weighted by atomic mass is 10.1. The summed E-state index contributed by atoms with van der Waals surface area (Å²) in [4.78, 5) is 24.4. The van der Waals surface area contributed by atoms with Gasteiger partial charge in [-0.05, 0) is 42.0 Å². The maximum atomic E-state index is 13.1. The minimum absolute atomic E-state index is 0.261. The van der Waals surface area contributed by atoms with Gasteiger partial charge in [0.25, 0.3) is 5.56 Å². The summed E-state index contributed by atoms with van der Waals surface area (Å²) in [5.74, 6) is 1.32. The number of H-pyrrole nitrogens is 1. The van der Waals surface area contributed by atoms with Crippen LogP contribution in [0.5, 0.6) is 11.5 Å². The number of benzene rings is 2. The topological polar surface area (TPSA) is 85.7 Å². The number of hydrogen-bond acceptors (Lipinski definition) is 5. The molecule has 1 N–H and O–H groups in total. The lowest BCUT2D eigenvalue weighted by Crippen LogP contribution is -2.12. The Labute approximate surface area is 182 Å². The fourth-order valence-electron chi connectivity index (χ4n) is 3.43. The minimum atomic E-state index is -0.303. The molecule has 32 heavy (non-hydrogen) atoms. The molecule has 8 heteroatoms. The van der Waals surface area contributed by atoms with Gasteiger partial charge in [-0.3, -0.25) is 14.5 Å². The average Bonchev–Trinajstić information content (AvgIpc) is 3.22. The Morgan fingerprint density at radius 1 is 1.06 bits per heavy atom. The molecule has 0 bridgehead atoms. The van der Waals surface area contributed by atoms with E-state index < -0.39 is 0 Å². The van der Waals surface area contributed by atoms with Crippen molar-refractivity contribution in [2.24, 2.45) is 7.05 Å². The lowest BCUT2D eigenvalue weighted by molar-refractivity contribution is 0.483. The normalized spacial score (nSPS) is 11.1. The quantitative estimate of drug-likeness (QED) is 0.453. The molecular formula is C24H18FN5O2. The Hall–Kier alpha value is -4.33. The van der Waals surface area contributed by atoms with Crippen molar-refractivity contribution in [2.75, 3.05) is 0 Å². The molecule has 5 aromatic rings. The van der Waals surface area contributed by atoms with Gasteiger partial charge in [0.15, 0.2) is 0 Å². The Morgan fingerprint density at radius 3 is 2.66 bits per heavy atom. The first-order valence-electron chi connectivity index (χ1n) is 9.94. The number of halogens is 1. The van der Waals surface area contributed by atoms with Gasteiger partial charge in [-0.15, -0.1) is 0 Å². The predicted molar refractivity (Wildman–Crippen MR) is 118 cm³/mol. The molecule has 0 saturated carbocycles. The van der Waals surface area contributed by atoms with Crippen LogP contribution in [0.15, 0.2) is 78.0 Å². The van der Waals surface area contributed by atoms with Crippen LogP contribution in [0.4, 0.5) is 4.39 Å². The summed E-state index contributed by atoms with van der Waals surface area (Å²) in [5, 5.41) is 4.58. The summed E-state index contributed by atoms with van der Waals surface area (Å²) < 4.78 is 20.8. The second-order valence-corrected chi connectivity index (χ2v) is 7.38. The predicted octanol–water partition coefficient (Wildman–Crippen LogP) is 4.24. The molecule has 0 unspecified atom stereocenters. The number of aromatic amines is 1. The van der Waals surface area contributed by atoms with E-state index in [-0.39, 0.29) is 11.4 Å². The molecule has 158 valence electrons. The van der Waals surface area contributed by atoms with Crippen molar-refractivity contribution in [3.05, 3.63) is 101 Å². The Bertz CT molecular complexity index is 1470. The highest BCUT2D eigenvalue weighted by Crippen LogP contribution is 2.27.